The van der Waals surface area contributed by atoms with E-state index in [4.69, 9.17) is 4.74 Å². The van der Waals surface area contributed by atoms with Crippen molar-refractivity contribution in [1.82, 2.24) is 5.32 Å². The second kappa shape index (κ2) is 45.4. The highest BCUT2D eigenvalue weighted by Gasteiger charge is 2.24. The number of rotatable bonds is 42. The van der Waals surface area contributed by atoms with Crippen LogP contribution < -0.4 is 5.32 Å². The van der Waals surface area contributed by atoms with Crippen molar-refractivity contribution >= 4 is 11.9 Å². The van der Waals surface area contributed by atoms with Crippen molar-refractivity contribution in [1.29, 1.82) is 0 Å². The Hall–Kier alpha value is -2.70. The lowest BCUT2D eigenvalue weighted by Gasteiger charge is -2.24. The lowest BCUT2D eigenvalue weighted by molar-refractivity contribution is -0.151. The third-order valence-corrected chi connectivity index (χ3v) is 10.5. The number of amides is 1. The van der Waals surface area contributed by atoms with Crippen LogP contribution in [0.2, 0.25) is 0 Å². The maximum Gasteiger partial charge on any atom is 0.306 e. The van der Waals surface area contributed by atoms with Gasteiger partial charge in [-0.2, -0.15) is 0 Å². The van der Waals surface area contributed by atoms with Gasteiger partial charge in [0.25, 0.3) is 0 Å². The van der Waals surface area contributed by atoms with Gasteiger partial charge >= 0.3 is 5.97 Å². The van der Waals surface area contributed by atoms with E-state index in [-0.39, 0.29) is 24.9 Å². The number of hydrogen-bond acceptors (Lipinski definition) is 5. The molecule has 0 aromatic carbocycles. The van der Waals surface area contributed by atoms with E-state index in [0.717, 1.165) is 109 Å². The number of hydrogen-bond donors (Lipinski definition) is 3. The molecular weight excluding hydrogens is 719 g/mol. The molecule has 0 aliphatic heterocycles. The molecule has 0 aliphatic carbocycles. The second-order valence-electron chi connectivity index (χ2n) is 16.2. The van der Waals surface area contributed by atoms with Gasteiger partial charge in [0.05, 0.1) is 25.2 Å². The summed E-state index contributed by atoms with van der Waals surface area (Å²) < 4.78 is 5.89. The van der Waals surface area contributed by atoms with E-state index in [1.165, 1.54) is 64.2 Å². The zero-order valence-electron chi connectivity index (χ0n) is 37.9. The molecule has 0 fully saturated rings. The molecule has 0 radical (unpaired) electrons. The van der Waals surface area contributed by atoms with Crippen molar-refractivity contribution in [2.75, 3.05) is 6.61 Å². The van der Waals surface area contributed by atoms with E-state index in [9.17, 15) is 19.8 Å². The molecule has 0 aromatic heterocycles. The summed E-state index contributed by atoms with van der Waals surface area (Å²) in [7, 11) is 0. The van der Waals surface area contributed by atoms with Crippen LogP contribution in [0.5, 0.6) is 0 Å². The summed E-state index contributed by atoms with van der Waals surface area (Å²) >= 11 is 0. The first kappa shape index (κ1) is 55.3. The summed E-state index contributed by atoms with van der Waals surface area (Å²) in [6.45, 7) is 6.30. The Morgan fingerprint density at radius 3 is 1.55 bits per heavy atom. The normalized spacial score (nSPS) is 13.9. The Morgan fingerprint density at radius 2 is 0.983 bits per heavy atom. The molecule has 3 unspecified atom stereocenters. The van der Waals surface area contributed by atoms with Gasteiger partial charge in [-0.05, 0) is 89.9 Å². The third-order valence-electron chi connectivity index (χ3n) is 10.5. The van der Waals surface area contributed by atoms with Crippen molar-refractivity contribution in [2.24, 2.45) is 0 Å². The number of esters is 1. The maximum atomic E-state index is 13.1. The summed E-state index contributed by atoms with van der Waals surface area (Å²) in [4.78, 5) is 26.0. The van der Waals surface area contributed by atoms with Gasteiger partial charge in [-0.15, -0.1) is 0 Å². The highest BCUT2D eigenvalue weighted by atomic mass is 16.5. The fraction of sp³-hybridized carbons (Fsp3) is 0.731. The molecule has 1 amide bonds. The van der Waals surface area contributed by atoms with Crippen molar-refractivity contribution < 1.29 is 24.5 Å². The van der Waals surface area contributed by atoms with Crippen molar-refractivity contribution in [3.63, 3.8) is 0 Å². The smallest absolute Gasteiger partial charge is 0.306 e. The predicted molar refractivity (Wildman–Crippen MR) is 250 cm³/mol. The Kier molecular flexibility index (Phi) is 43.3. The van der Waals surface area contributed by atoms with Crippen LogP contribution in [0.1, 0.15) is 220 Å². The summed E-state index contributed by atoms with van der Waals surface area (Å²) in [5.74, 6) is -0.536. The summed E-state index contributed by atoms with van der Waals surface area (Å²) in [6, 6.07) is -0.716. The van der Waals surface area contributed by atoms with Gasteiger partial charge in [0.2, 0.25) is 5.91 Å². The average molecular weight is 810 g/mol. The first-order valence-corrected chi connectivity index (χ1v) is 24.2. The standard InChI is InChI=1S/C52H91NO5/c1-4-7-10-13-16-19-22-24-25-26-28-30-33-36-39-42-45-52(57)58-48(43-40-37-34-31-29-27-23-20-17-14-11-8-5-2)46-51(56)53-49(47-54)50(55)44-41-38-35-32-21-18-15-12-9-6-3/h7,10,16-17,19-20,23-25,27-28,30,48-50,54-55H,4-6,8-9,11-15,18,21-22,26,29,31-47H2,1-3H3,(H,53,56)/b10-7+,19-16+,20-17+,25-24+,27-23+,30-28+. The highest BCUT2D eigenvalue weighted by Crippen LogP contribution is 2.17. The number of carbonyl (C=O) groups is 2. The van der Waals surface area contributed by atoms with Crippen LogP contribution in [0.4, 0.5) is 0 Å². The molecular formula is C52H91NO5. The molecule has 58 heavy (non-hydrogen) atoms. The molecule has 3 N–H and O–H groups in total. The highest BCUT2D eigenvalue weighted by molar-refractivity contribution is 5.77. The zero-order valence-corrected chi connectivity index (χ0v) is 37.9. The summed E-state index contributed by atoms with van der Waals surface area (Å²) in [6.07, 6.45) is 56.7. The number of unbranched alkanes of at least 4 members (excludes halogenated alkanes) is 19. The van der Waals surface area contributed by atoms with Gasteiger partial charge in [-0.25, -0.2) is 0 Å². The topological polar surface area (TPSA) is 95.9 Å². The van der Waals surface area contributed by atoms with Crippen LogP contribution in [0.3, 0.4) is 0 Å². The van der Waals surface area contributed by atoms with Crippen LogP contribution in [0, 0.1) is 0 Å². The molecule has 3 atom stereocenters. The quantitative estimate of drug-likeness (QED) is 0.0247. The van der Waals surface area contributed by atoms with Crippen LogP contribution >= 0.6 is 0 Å². The Bertz CT molecular complexity index is 1090. The first-order valence-electron chi connectivity index (χ1n) is 24.2. The van der Waals surface area contributed by atoms with Crippen molar-refractivity contribution in [2.45, 2.75) is 238 Å². The van der Waals surface area contributed by atoms with Gasteiger partial charge in [-0.1, -0.05) is 190 Å². The van der Waals surface area contributed by atoms with E-state index in [0.29, 0.717) is 19.3 Å². The maximum absolute atomic E-state index is 13.1. The Balaban J connectivity index is 4.69. The lowest BCUT2D eigenvalue weighted by Crippen LogP contribution is -2.46. The number of aliphatic hydroxyl groups is 2. The monoisotopic (exact) mass is 810 g/mol. The molecule has 0 aliphatic rings. The molecule has 0 aromatic rings. The lowest BCUT2D eigenvalue weighted by atomic mass is 10.0. The van der Waals surface area contributed by atoms with Gasteiger partial charge < -0.3 is 20.3 Å². The molecule has 0 saturated carbocycles. The fourth-order valence-corrected chi connectivity index (χ4v) is 6.88. The van der Waals surface area contributed by atoms with Gasteiger partial charge in [0.1, 0.15) is 6.10 Å². The van der Waals surface area contributed by atoms with Crippen LogP contribution in [0.15, 0.2) is 72.9 Å². The van der Waals surface area contributed by atoms with Gasteiger partial charge in [-0.3, -0.25) is 9.59 Å². The minimum absolute atomic E-state index is 0.0480. The molecule has 0 bridgehead atoms. The first-order chi connectivity index (χ1) is 28.5. The third kappa shape index (κ3) is 40.1. The van der Waals surface area contributed by atoms with E-state index in [1.54, 1.807) is 0 Å². The predicted octanol–water partition coefficient (Wildman–Crippen LogP) is 14.2. The number of carbonyl (C=O) groups excluding carboxylic acids is 2. The minimum Gasteiger partial charge on any atom is -0.462 e. The minimum atomic E-state index is -0.800. The van der Waals surface area contributed by atoms with E-state index in [1.807, 2.05) is 0 Å². The Labute approximate surface area is 358 Å². The van der Waals surface area contributed by atoms with Crippen LogP contribution in [0.25, 0.3) is 0 Å². The zero-order chi connectivity index (χ0) is 42.4. The van der Waals surface area contributed by atoms with E-state index in [2.05, 4.69) is 99.0 Å². The number of allylic oxidation sites excluding steroid dienone is 12. The average Bonchev–Trinajstić information content (AvgIpc) is 3.22. The van der Waals surface area contributed by atoms with Crippen LogP contribution in [-0.4, -0.2) is 46.9 Å². The van der Waals surface area contributed by atoms with E-state index >= 15 is 0 Å². The van der Waals surface area contributed by atoms with Crippen molar-refractivity contribution in [3.05, 3.63) is 72.9 Å². The summed E-state index contributed by atoms with van der Waals surface area (Å²) in [5, 5.41) is 23.6. The molecule has 6 nitrogen and oxygen atoms in total. The van der Waals surface area contributed by atoms with Gasteiger partial charge in [0, 0.05) is 6.42 Å². The van der Waals surface area contributed by atoms with Crippen molar-refractivity contribution in [3.8, 4) is 0 Å². The molecule has 334 valence electrons. The molecule has 0 spiro atoms. The van der Waals surface area contributed by atoms with Crippen LogP contribution in [-0.2, 0) is 14.3 Å². The molecule has 0 rings (SSSR count). The number of aliphatic hydroxyl groups excluding tert-OH is 2. The number of ether oxygens (including phenoxy) is 1. The Morgan fingerprint density at radius 1 is 0.534 bits per heavy atom. The molecule has 0 saturated heterocycles. The number of nitrogens with one attached hydrogen (secondary N) is 1. The second-order valence-corrected chi connectivity index (χ2v) is 16.2. The largest absolute Gasteiger partial charge is 0.462 e. The van der Waals surface area contributed by atoms with Gasteiger partial charge in [0.15, 0.2) is 0 Å². The summed E-state index contributed by atoms with van der Waals surface area (Å²) in [5.41, 5.74) is 0. The van der Waals surface area contributed by atoms with E-state index < -0.39 is 18.2 Å². The molecule has 6 heteroatoms. The fourth-order valence-electron chi connectivity index (χ4n) is 6.88. The SMILES string of the molecule is CC/C=C/C/C=C/C/C=C/C/C=C/CCCCCC(=O)OC(CCCCCC/C=C/C=C/CCCCC)CC(=O)NC(CO)C(O)CCCCCCCCCCCC. The molecule has 0 heterocycles.